The van der Waals surface area contributed by atoms with E-state index in [9.17, 15) is 4.79 Å². The van der Waals surface area contributed by atoms with E-state index in [1.807, 2.05) is 6.07 Å². The van der Waals surface area contributed by atoms with E-state index in [4.69, 9.17) is 11.5 Å². The van der Waals surface area contributed by atoms with Gasteiger partial charge in [0, 0.05) is 6.20 Å². The van der Waals surface area contributed by atoms with Crippen molar-refractivity contribution >= 4 is 28.5 Å². The van der Waals surface area contributed by atoms with Gasteiger partial charge in [0.15, 0.2) is 5.78 Å². The first-order valence-corrected chi connectivity index (χ1v) is 5.52. The van der Waals surface area contributed by atoms with Gasteiger partial charge in [-0.1, -0.05) is 0 Å². The first kappa shape index (κ1) is 10.6. The van der Waals surface area contributed by atoms with Gasteiger partial charge >= 0.3 is 0 Å². The van der Waals surface area contributed by atoms with E-state index in [2.05, 4.69) is 4.98 Å². The molecule has 0 unspecified atom stereocenters. The van der Waals surface area contributed by atoms with Gasteiger partial charge in [-0.25, -0.2) is 0 Å². The molecule has 0 fully saturated rings. The second kappa shape index (κ2) is 3.94. The molecule has 0 radical (unpaired) electrons. The first-order valence-electron chi connectivity index (χ1n) is 4.70. The van der Waals surface area contributed by atoms with Gasteiger partial charge in [0.2, 0.25) is 0 Å². The number of nitrogens with zero attached hydrogens (tertiary/aromatic N) is 1. The summed E-state index contributed by atoms with van der Waals surface area (Å²) in [5.74, 6) is 0.0405. The van der Waals surface area contributed by atoms with E-state index in [1.165, 1.54) is 18.3 Å². The molecule has 0 aromatic carbocycles. The molecule has 0 bridgehead atoms. The Kier molecular flexibility index (Phi) is 2.62. The van der Waals surface area contributed by atoms with Crippen molar-refractivity contribution in [1.82, 2.24) is 4.98 Å². The van der Waals surface area contributed by atoms with Crippen LogP contribution < -0.4 is 11.5 Å². The van der Waals surface area contributed by atoms with Crippen LogP contribution in [-0.4, -0.2) is 10.8 Å². The lowest BCUT2D eigenvalue weighted by atomic mass is 10.2. The van der Waals surface area contributed by atoms with Crippen LogP contribution in [0.4, 0.5) is 11.4 Å². The second-order valence-corrected chi connectivity index (χ2v) is 4.47. The Morgan fingerprint density at radius 1 is 1.31 bits per heavy atom. The predicted molar refractivity (Wildman–Crippen MR) is 66.4 cm³/mol. The Bertz CT molecular complexity index is 548. The number of carbonyl (C=O) groups excluding carboxylic acids is 1. The molecule has 0 aliphatic heterocycles. The summed E-state index contributed by atoms with van der Waals surface area (Å²) in [4.78, 5) is 16.9. The molecular formula is C11H11N3OS. The Balaban J connectivity index is 2.50. The van der Waals surface area contributed by atoms with Gasteiger partial charge in [-0.2, -0.15) is 0 Å². The molecule has 4 N–H and O–H groups in total. The van der Waals surface area contributed by atoms with Crippen molar-refractivity contribution in [2.24, 2.45) is 0 Å². The molecule has 2 aromatic heterocycles. The van der Waals surface area contributed by atoms with Crippen LogP contribution in [0.5, 0.6) is 0 Å². The van der Waals surface area contributed by atoms with Gasteiger partial charge < -0.3 is 11.5 Å². The van der Waals surface area contributed by atoms with Crippen LogP contribution in [0.15, 0.2) is 24.4 Å². The Morgan fingerprint density at radius 3 is 2.69 bits per heavy atom. The number of anilines is 2. The first-order chi connectivity index (χ1) is 7.59. The van der Waals surface area contributed by atoms with E-state index in [0.29, 0.717) is 21.9 Å². The smallest absolute Gasteiger partial charge is 0.169 e. The van der Waals surface area contributed by atoms with Crippen LogP contribution in [0.1, 0.15) is 16.6 Å². The highest BCUT2D eigenvalue weighted by Gasteiger charge is 2.11. The monoisotopic (exact) mass is 233 g/mol. The lowest BCUT2D eigenvalue weighted by Crippen LogP contribution is -1.98. The van der Waals surface area contributed by atoms with E-state index in [-0.39, 0.29) is 5.78 Å². The average Bonchev–Trinajstić information content (AvgIpc) is 2.71. The summed E-state index contributed by atoms with van der Waals surface area (Å²) in [6, 6.07) is 5.25. The van der Waals surface area contributed by atoms with Crippen molar-refractivity contribution in [3.8, 4) is 10.6 Å². The highest BCUT2D eigenvalue weighted by molar-refractivity contribution is 7.17. The summed E-state index contributed by atoms with van der Waals surface area (Å²) < 4.78 is 0. The molecule has 0 amide bonds. The zero-order valence-electron chi connectivity index (χ0n) is 8.73. The topological polar surface area (TPSA) is 82.0 Å². The summed E-state index contributed by atoms with van der Waals surface area (Å²) >= 11 is 1.37. The molecule has 16 heavy (non-hydrogen) atoms. The quantitative estimate of drug-likeness (QED) is 0.779. The normalized spacial score (nSPS) is 10.3. The maximum Gasteiger partial charge on any atom is 0.169 e. The van der Waals surface area contributed by atoms with Crippen LogP contribution in [0.3, 0.4) is 0 Å². The number of hydrogen-bond donors (Lipinski definition) is 2. The highest BCUT2D eigenvalue weighted by Crippen LogP contribution is 2.32. The zero-order valence-corrected chi connectivity index (χ0v) is 9.54. The van der Waals surface area contributed by atoms with Gasteiger partial charge in [0.05, 0.1) is 21.1 Å². The summed E-state index contributed by atoms with van der Waals surface area (Å²) in [6.07, 6.45) is 1.61. The number of nitrogens with two attached hydrogens (primary N) is 2. The molecule has 82 valence electrons. The third-order valence-electron chi connectivity index (χ3n) is 2.21. The number of carbonyl (C=O) groups is 1. The van der Waals surface area contributed by atoms with E-state index in [1.54, 1.807) is 18.3 Å². The van der Waals surface area contributed by atoms with Gasteiger partial charge in [0.1, 0.15) is 5.69 Å². The van der Waals surface area contributed by atoms with Gasteiger partial charge in [-0.3, -0.25) is 9.78 Å². The molecule has 2 rings (SSSR count). The Labute approximate surface area is 96.9 Å². The largest absolute Gasteiger partial charge is 0.397 e. The summed E-state index contributed by atoms with van der Waals surface area (Å²) in [5.41, 5.74) is 13.1. The highest BCUT2D eigenvalue weighted by atomic mass is 32.1. The van der Waals surface area contributed by atoms with Crippen molar-refractivity contribution < 1.29 is 4.79 Å². The minimum atomic E-state index is 0.0405. The van der Waals surface area contributed by atoms with E-state index < -0.39 is 0 Å². The second-order valence-electron chi connectivity index (χ2n) is 3.38. The number of nitrogen functional groups attached to an aromatic ring is 2. The molecule has 0 spiro atoms. The summed E-state index contributed by atoms with van der Waals surface area (Å²) in [7, 11) is 0. The van der Waals surface area contributed by atoms with Crippen LogP contribution in [0.2, 0.25) is 0 Å². The number of Topliss-reactive ketones (excluding diaryl/α,β-unsaturated/α-hetero) is 1. The molecule has 2 heterocycles. The summed E-state index contributed by atoms with van der Waals surface area (Å²) in [5, 5.41) is 0. The van der Waals surface area contributed by atoms with Gasteiger partial charge in [-0.15, -0.1) is 11.3 Å². The van der Waals surface area contributed by atoms with Gasteiger partial charge in [-0.05, 0) is 25.1 Å². The van der Waals surface area contributed by atoms with Gasteiger partial charge in [0.25, 0.3) is 0 Å². The molecule has 0 saturated heterocycles. The zero-order chi connectivity index (χ0) is 11.7. The molecule has 0 saturated carbocycles. The molecule has 0 aliphatic carbocycles. The molecule has 5 heteroatoms. The Morgan fingerprint density at radius 2 is 2.06 bits per heavy atom. The molecule has 0 atom stereocenters. The van der Waals surface area contributed by atoms with E-state index >= 15 is 0 Å². The standard InChI is InChI=1S/C11H11N3OS/c1-6(15)8-2-3-9(16-8)11-10(13)7(12)4-5-14-11/h2-5H,13H2,1H3,(H2,12,14). The number of thiophene rings is 1. The number of hydrogen-bond acceptors (Lipinski definition) is 5. The maximum absolute atomic E-state index is 11.2. The number of rotatable bonds is 2. The van der Waals surface area contributed by atoms with Crippen LogP contribution in [-0.2, 0) is 0 Å². The maximum atomic E-state index is 11.2. The minimum Gasteiger partial charge on any atom is -0.397 e. The van der Waals surface area contributed by atoms with Crippen molar-refractivity contribution in [2.45, 2.75) is 6.92 Å². The lowest BCUT2D eigenvalue weighted by Gasteiger charge is -2.04. The van der Waals surface area contributed by atoms with Crippen molar-refractivity contribution in [3.05, 3.63) is 29.3 Å². The van der Waals surface area contributed by atoms with Crippen LogP contribution >= 0.6 is 11.3 Å². The van der Waals surface area contributed by atoms with Crippen molar-refractivity contribution in [3.63, 3.8) is 0 Å². The average molecular weight is 233 g/mol. The third-order valence-corrected chi connectivity index (χ3v) is 3.40. The fraction of sp³-hybridized carbons (Fsp3) is 0.0909. The van der Waals surface area contributed by atoms with Crippen LogP contribution in [0, 0.1) is 0 Å². The minimum absolute atomic E-state index is 0.0405. The van der Waals surface area contributed by atoms with Crippen LogP contribution in [0.25, 0.3) is 10.6 Å². The molecule has 0 aliphatic rings. The van der Waals surface area contributed by atoms with Crippen molar-refractivity contribution in [1.29, 1.82) is 0 Å². The third kappa shape index (κ3) is 1.77. The number of aromatic nitrogens is 1. The molecular weight excluding hydrogens is 222 g/mol. The lowest BCUT2D eigenvalue weighted by molar-refractivity contribution is 0.102. The number of pyridine rings is 1. The van der Waals surface area contributed by atoms with Crippen molar-refractivity contribution in [2.75, 3.05) is 11.5 Å². The predicted octanol–water partition coefficient (Wildman–Crippen LogP) is 2.18. The molecule has 4 nitrogen and oxygen atoms in total. The molecule has 2 aromatic rings. The Hall–Kier alpha value is -1.88. The fourth-order valence-corrected chi connectivity index (χ4v) is 2.25. The summed E-state index contributed by atoms with van der Waals surface area (Å²) in [6.45, 7) is 1.53. The SMILES string of the molecule is CC(=O)c1ccc(-c2nccc(N)c2N)s1. The number of ketones is 1. The van der Waals surface area contributed by atoms with E-state index in [0.717, 1.165) is 4.88 Å². The fourth-order valence-electron chi connectivity index (χ4n) is 1.34.